The average Bonchev–Trinajstić information content (AvgIpc) is 2.82. The maximum atomic E-state index is 13.8. The van der Waals surface area contributed by atoms with Gasteiger partial charge in [0, 0.05) is 25.6 Å². The summed E-state index contributed by atoms with van der Waals surface area (Å²) in [6.45, 7) is 2.50. The summed E-state index contributed by atoms with van der Waals surface area (Å²) in [6, 6.07) is 5.36. The van der Waals surface area contributed by atoms with Gasteiger partial charge < -0.3 is 14.2 Å². The minimum atomic E-state index is -0.284. The predicted molar refractivity (Wildman–Crippen MR) is 122 cm³/mol. The van der Waals surface area contributed by atoms with Crippen LogP contribution < -0.4 is 0 Å². The van der Waals surface area contributed by atoms with E-state index in [9.17, 15) is 4.39 Å². The number of halogens is 2. The fourth-order valence-corrected chi connectivity index (χ4v) is 6.21. The molecule has 4 rings (SSSR count). The Kier molecular flexibility index (Phi) is 8.67. The topological polar surface area (TPSA) is 27.7 Å². The van der Waals surface area contributed by atoms with Gasteiger partial charge in [-0.1, -0.05) is 17.7 Å². The van der Waals surface area contributed by atoms with Crippen molar-refractivity contribution in [3.63, 3.8) is 0 Å². The molecule has 174 valence electrons. The molecule has 0 N–H and O–H groups in total. The lowest BCUT2D eigenvalue weighted by Gasteiger charge is -2.41. The summed E-state index contributed by atoms with van der Waals surface area (Å²) >= 11 is 5.85. The molecule has 2 saturated carbocycles. The third-order valence-corrected chi connectivity index (χ3v) is 8.31. The van der Waals surface area contributed by atoms with E-state index in [1.807, 2.05) is 6.07 Å². The van der Waals surface area contributed by atoms with Crippen molar-refractivity contribution in [3.05, 3.63) is 34.6 Å². The Bertz CT molecular complexity index is 675. The number of methoxy groups -OCH3 is 1. The standard InChI is InChI=1S/C26H38ClFO3/c1-29-14-2-3-18-16-30-26(31-17-18)22-10-8-20(9-11-22)19-4-6-21(7-5-19)23-12-13-24(27)25(28)15-23/h12-13,15,18-22,26H,2-11,14,16-17H2,1H3/t18-,19-,20-,21-,22-,26-. The van der Waals surface area contributed by atoms with Gasteiger partial charge in [0.2, 0.25) is 0 Å². The summed E-state index contributed by atoms with van der Waals surface area (Å²) in [5.41, 5.74) is 1.12. The fraction of sp³-hybridized carbons (Fsp3) is 0.769. The number of ether oxygens (including phenoxy) is 3. The van der Waals surface area contributed by atoms with E-state index in [4.69, 9.17) is 25.8 Å². The van der Waals surface area contributed by atoms with Crippen LogP contribution in [0.2, 0.25) is 5.02 Å². The molecular weight excluding hydrogens is 415 g/mol. The summed E-state index contributed by atoms with van der Waals surface area (Å²) in [5.74, 6) is 2.95. The smallest absolute Gasteiger partial charge is 0.160 e. The second-order valence-electron chi connectivity index (χ2n) is 10.00. The Morgan fingerprint density at radius 3 is 2.16 bits per heavy atom. The van der Waals surface area contributed by atoms with Gasteiger partial charge in [0.1, 0.15) is 5.82 Å². The van der Waals surface area contributed by atoms with Crippen molar-refractivity contribution in [1.29, 1.82) is 0 Å². The van der Waals surface area contributed by atoms with E-state index >= 15 is 0 Å². The number of rotatable bonds is 7. The maximum absolute atomic E-state index is 13.8. The van der Waals surface area contributed by atoms with Crippen molar-refractivity contribution in [2.45, 2.75) is 76.4 Å². The first-order chi connectivity index (χ1) is 15.1. The lowest BCUT2D eigenvalue weighted by molar-refractivity contribution is -0.230. The molecule has 0 radical (unpaired) electrons. The molecule has 0 amide bonds. The van der Waals surface area contributed by atoms with Crippen molar-refractivity contribution in [2.24, 2.45) is 23.7 Å². The quantitative estimate of drug-likeness (QED) is 0.418. The molecule has 3 nitrogen and oxygen atoms in total. The van der Waals surface area contributed by atoms with Crippen LogP contribution >= 0.6 is 11.6 Å². The molecule has 1 saturated heterocycles. The van der Waals surface area contributed by atoms with Crippen LogP contribution in [0.25, 0.3) is 0 Å². The lowest BCUT2D eigenvalue weighted by Crippen LogP contribution is -2.39. The van der Waals surface area contributed by atoms with Crippen LogP contribution in [0.1, 0.15) is 75.7 Å². The van der Waals surface area contributed by atoms with Gasteiger partial charge in [-0.25, -0.2) is 4.39 Å². The highest BCUT2D eigenvalue weighted by Gasteiger charge is 2.36. The zero-order valence-electron chi connectivity index (χ0n) is 18.9. The monoisotopic (exact) mass is 452 g/mol. The van der Waals surface area contributed by atoms with E-state index in [1.54, 1.807) is 19.2 Å². The molecule has 1 heterocycles. The van der Waals surface area contributed by atoms with Crippen LogP contribution in [-0.2, 0) is 14.2 Å². The zero-order valence-corrected chi connectivity index (χ0v) is 19.6. The Morgan fingerprint density at radius 1 is 0.935 bits per heavy atom. The molecule has 5 heteroatoms. The number of hydrogen-bond acceptors (Lipinski definition) is 3. The van der Waals surface area contributed by atoms with Gasteiger partial charge in [-0.3, -0.25) is 0 Å². The Hall–Kier alpha value is -0.680. The van der Waals surface area contributed by atoms with Crippen LogP contribution in [0, 0.1) is 29.5 Å². The summed E-state index contributed by atoms with van der Waals surface area (Å²) in [6.07, 6.45) is 12.2. The molecule has 1 aliphatic heterocycles. The molecule has 31 heavy (non-hydrogen) atoms. The normalized spacial score (nSPS) is 34.5. The molecule has 1 aromatic carbocycles. The molecule has 0 spiro atoms. The first-order valence-electron chi connectivity index (χ1n) is 12.3. The summed E-state index contributed by atoms with van der Waals surface area (Å²) in [5, 5.41) is 0.224. The Labute approximate surface area is 192 Å². The van der Waals surface area contributed by atoms with E-state index in [2.05, 4.69) is 0 Å². The van der Waals surface area contributed by atoms with Gasteiger partial charge in [0.25, 0.3) is 0 Å². The first-order valence-corrected chi connectivity index (χ1v) is 12.7. The average molecular weight is 453 g/mol. The van der Waals surface area contributed by atoms with E-state index in [0.717, 1.165) is 50.1 Å². The van der Waals surface area contributed by atoms with Gasteiger partial charge in [0.05, 0.1) is 18.2 Å². The SMILES string of the molecule is COCCC[C@H]1CO[C@H]([C@H]2CC[C@H]([C@H]3CC[C@H](c4ccc(Cl)c(F)c4)CC3)CC2)OC1. The van der Waals surface area contributed by atoms with Gasteiger partial charge >= 0.3 is 0 Å². The second-order valence-corrected chi connectivity index (χ2v) is 10.4. The summed E-state index contributed by atoms with van der Waals surface area (Å²) in [4.78, 5) is 0. The third-order valence-electron chi connectivity index (χ3n) is 8.01. The summed E-state index contributed by atoms with van der Waals surface area (Å²) in [7, 11) is 1.76. The van der Waals surface area contributed by atoms with E-state index in [1.165, 1.54) is 51.4 Å². The molecule has 3 aliphatic rings. The maximum Gasteiger partial charge on any atom is 0.160 e. The minimum Gasteiger partial charge on any atom is -0.385 e. The van der Waals surface area contributed by atoms with Crippen LogP contribution in [0.3, 0.4) is 0 Å². The highest BCUT2D eigenvalue weighted by atomic mass is 35.5. The number of benzene rings is 1. The van der Waals surface area contributed by atoms with Gasteiger partial charge in [-0.05, 0) is 99.7 Å². The van der Waals surface area contributed by atoms with Crippen molar-refractivity contribution >= 4 is 11.6 Å². The van der Waals surface area contributed by atoms with Gasteiger partial charge in [0.15, 0.2) is 6.29 Å². The highest BCUT2D eigenvalue weighted by Crippen LogP contribution is 2.45. The predicted octanol–water partition coefficient (Wildman–Crippen LogP) is 6.98. The van der Waals surface area contributed by atoms with E-state index in [0.29, 0.717) is 17.8 Å². The third kappa shape index (κ3) is 6.22. The van der Waals surface area contributed by atoms with Crippen molar-refractivity contribution in [2.75, 3.05) is 26.9 Å². The largest absolute Gasteiger partial charge is 0.385 e. The fourth-order valence-electron chi connectivity index (χ4n) is 6.09. The highest BCUT2D eigenvalue weighted by molar-refractivity contribution is 6.30. The molecule has 2 aliphatic carbocycles. The molecule has 0 unspecified atom stereocenters. The second kappa shape index (κ2) is 11.4. The van der Waals surface area contributed by atoms with Crippen molar-refractivity contribution < 1.29 is 18.6 Å². The minimum absolute atomic E-state index is 0.00941. The molecule has 3 fully saturated rings. The zero-order chi connectivity index (χ0) is 21.6. The van der Waals surface area contributed by atoms with Crippen LogP contribution in [0.15, 0.2) is 18.2 Å². The van der Waals surface area contributed by atoms with E-state index < -0.39 is 0 Å². The van der Waals surface area contributed by atoms with Gasteiger partial charge in [-0.2, -0.15) is 0 Å². The van der Waals surface area contributed by atoms with Gasteiger partial charge in [-0.15, -0.1) is 0 Å². The van der Waals surface area contributed by atoms with E-state index in [-0.39, 0.29) is 17.1 Å². The first kappa shape index (κ1) is 23.5. The Morgan fingerprint density at radius 2 is 1.55 bits per heavy atom. The lowest BCUT2D eigenvalue weighted by atomic mass is 9.68. The van der Waals surface area contributed by atoms with Crippen LogP contribution in [-0.4, -0.2) is 33.2 Å². The molecule has 0 aromatic heterocycles. The van der Waals surface area contributed by atoms with Crippen LogP contribution in [0.4, 0.5) is 4.39 Å². The number of hydrogen-bond donors (Lipinski definition) is 0. The van der Waals surface area contributed by atoms with Crippen LogP contribution in [0.5, 0.6) is 0 Å². The van der Waals surface area contributed by atoms with Crippen molar-refractivity contribution in [3.8, 4) is 0 Å². The molecule has 0 atom stereocenters. The molecular formula is C26H38ClFO3. The Balaban J connectivity index is 1.17. The van der Waals surface area contributed by atoms with Crippen molar-refractivity contribution in [1.82, 2.24) is 0 Å². The summed E-state index contributed by atoms with van der Waals surface area (Å²) < 4.78 is 31.2. The molecule has 1 aromatic rings. The molecule has 0 bridgehead atoms.